The highest BCUT2D eigenvalue weighted by atomic mass is 16.6. The third kappa shape index (κ3) is 3.06. The summed E-state index contributed by atoms with van der Waals surface area (Å²) >= 11 is 0. The van der Waals surface area contributed by atoms with E-state index in [0.717, 1.165) is 11.1 Å². The minimum Gasteiger partial charge on any atom is -0.482 e. The zero-order chi connectivity index (χ0) is 12.1. The number of ether oxygens (including phenoxy) is 1. The fraction of sp³-hybridized carbons (Fsp3) is 0.273. The molecule has 1 rings (SSSR count). The summed E-state index contributed by atoms with van der Waals surface area (Å²) < 4.78 is 5.31. The Hall–Kier alpha value is -1.88. The molecule has 0 aromatic heterocycles. The van der Waals surface area contributed by atoms with Crippen LogP contribution in [0.1, 0.15) is 12.5 Å². The molecule has 0 spiro atoms. The van der Waals surface area contributed by atoms with E-state index in [1.54, 1.807) is 19.1 Å². The molecular weight excluding hydrogens is 208 g/mol. The van der Waals surface area contributed by atoms with Gasteiger partial charge >= 0.3 is 5.69 Å². The van der Waals surface area contributed by atoms with Crippen LogP contribution in [0.5, 0.6) is 5.75 Å². The summed E-state index contributed by atoms with van der Waals surface area (Å²) in [6.07, 6.45) is 0. The molecule has 16 heavy (non-hydrogen) atoms. The topological polar surface area (TPSA) is 78.4 Å². The number of nitrogens with zero attached hydrogens (tertiary/aromatic N) is 1. The summed E-state index contributed by atoms with van der Waals surface area (Å²) in [4.78, 5) is 10.3. The summed E-state index contributed by atoms with van der Waals surface area (Å²) in [5.41, 5.74) is 6.99. The minimum absolute atomic E-state index is 0.0570. The Balaban J connectivity index is 3.00. The van der Waals surface area contributed by atoms with Gasteiger partial charge in [0.05, 0.1) is 4.92 Å². The van der Waals surface area contributed by atoms with E-state index in [-0.39, 0.29) is 18.0 Å². The molecule has 0 atom stereocenters. The summed E-state index contributed by atoms with van der Waals surface area (Å²) in [7, 11) is 0. The average Bonchev–Trinajstić information content (AvgIpc) is 2.25. The molecule has 0 amide bonds. The normalized spacial score (nSPS) is 9.88. The van der Waals surface area contributed by atoms with Crippen molar-refractivity contribution in [2.24, 2.45) is 5.73 Å². The minimum atomic E-state index is -0.478. The van der Waals surface area contributed by atoms with Crippen molar-refractivity contribution < 1.29 is 9.66 Å². The van der Waals surface area contributed by atoms with E-state index in [0.29, 0.717) is 6.54 Å². The largest absolute Gasteiger partial charge is 0.482 e. The molecule has 0 heterocycles. The molecule has 1 aromatic rings. The molecule has 86 valence electrons. The van der Waals surface area contributed by atoms with E-state index >= 15 is 0 Å². The lowest BCUT2D eigenvalue weighted by Crippen LogP contribution is -2.03. The first-order valence-corrected chi connectivity index (χ1v) is 4.79. The van der Waals surface area contributed by atoms with E-state index in [4.69, 9.17) is 10.5 Å². The van der Waals surface area contributed by atoms with Crippen LogP contribution in [-0.4, -0.2) is 11.5 Å². The quantitative estimate of drug-likeness (QED) is 0.469. The zero-order valence-electron chi connectivity index (χ0n) is 9.10. The summed E-state index contributed by atoms with van der Waals surface area (Å²) in [6, 6.07) is 4.60. The predicted molar refractivity (Wildman–Crippen MR) is 61.3 cm³/mol. The van der Waals surface area contributed by atoms with Crippen molar-refractivity contribution in [3.8, 4) is 5.75 Å². The molecule has 0 bridgehead atoms. The van der Waals surface area contributed by atoms with Crippen LogP contribution in [0.15, 0.2) is 30.4 Å². The first kappa shape index (κ1) is 12.2. The lowest BCUT2D eigenvalue weighted by atomic mass is 10.2. The Kier molecular flexibility index (Phi) is 4.02. The van der Waals surface area contributed by atoms with Gasteiger partial charge in [0.2, 0.25) is 0 Å². The maximum absolute atomic E-state index is 10.7. The van der Waals surface area contributed by atoms with Crippen molar-refractivity contribution in [3.05, 3.63) is 46.0 Å². The molecule has 0 radical (unpaired) electrons. The lowest BCUT2D eigenvalue weighted by molar-refractivity contribution is -0.385. The van der Waals surface area contributed by atoms with Gasteiger partial charge in [-0.05, 0) is 24.1 Å². The van der Waals surface area contributed by atoms with Gasteiger partial charge in [-0.2, -0.15) is 0 Å². The van der Waals surface area contributed by atoms with E-state index in [9.17, 15) is 10.1 Å². The number of nitro benzene ring substituents is 1. The smallest absolute Gasteiger partial charge is 0.310 e. The molecule has 0 aliphatic carbocycles. The van der Waals surface area contributed by atoms with E-state index < -0.39 is 4.92 Å². The first-order chi connectivity index (χ1) is 7.54. The van der Waals surface area contributed by atoms with Gasteiger partial charge in [0.25, 0.3) is 0 Å². The van der Waals surface area contributed by atoms with Crippen LogP contribution in [0.2, 0.25) is 0 Å². The molecular formula is C11H14N2O3. The van der Waals surface area contributed by atoms with Crippen LogP contribution in [0.4, 0.5) is 5.69 Å². The van der Waals surface area contributed by atoms with Crippen molar-refractivity contribution in [2.45, 2.75) is 13.5 Å². The van der Waals surface area contributed by atoms with Gasteiger partial charge in [0.15, 0.2) is 5.75 Å². The molecule has 0 saturated heterocycles. The van der Waals surface area contributed by atoms with Crippen LogP contribution in [-0.2, 0) is 6.54 Å². The molecule has 0 saturated carbocycles. The standard InChI is InChI=1S/C11H14N2O3/c1-8(2)7-16-11-5-9(6-12)3-4-10(11)13(14)15/h3-5H,1,6-7,12H2,2H3. The van der Waals surface area contributed by atoms with Gasteiger partial charge < -0.3 is 10.5 Å². The first-order valence-electron chi connectivity index (χ1n) is 4.79. The van der Waals surface area contributed by atoms with Gasteiger partial charge in [-0.3, -0.25) is 10.1 Å². The lowest BCUT2D eigenvalue weighted by Gasteiger charge is -2.07. The molecule has 2 N–H and O–H groups in total. The summed E-state index contributed by atoms with van der Waals surface area (Å²) in [6.45, 7) is 6.04. The molecule has 0 unspecified atom stereocenters. The molecule has 1 aromatic carbocycles. The number of hydrogen-bond acceptors (Lipinski definition) is 4. The van der Waals surface area contributed by atoms with Crippen LogP contribution in [0, 0.1) is 10.1 Å². The summed E-state index contributed by atoms with van der Waals surface area (Å²) in [5, 5.41) is 10.7. The van der Waals surface area contributed by atoms with Crippen LogP contribution >= 0.6 is 0 Å². The monoisotopic (exact) mass is 222 g/mol. The van der Waals surface area contributed by atoms with Crippen molar-refractivity contribution in [2.75, 3.05) is 6.61 Å². The van der Waals surface area contributed by atoms with Gasteiger partial charge in [-0.25, -0.2) is 0 Å². The van der Waals surface area contributed by atoms with Crippen molar-refractivity contribution in [3.63, 3.8) is 0 Å². The average molecular weight is 222 g/mol. The van der Waals surface area contributed by atoms with Crippen LogP contribution in [0.3, 0.4) is 0 Å². The Labute approximate surface area is 93.7 Å². The number of hydrogen-bond donors (Lipinski definition) is 1. The molecule has 5 heteroatoms. The van der Waals surface area contributed by atoms with Crippen LogP contribution < -0.4 is 10.5 Å². The molecule has 0 fully saturated rings. The van der Waals surface area contributed by atoms with Gasteiger partial charge in [0, 0.05) is 12.6 Å². The van der Waals surface area contributed by atoms with E-state index in [1.807, 2.05) is 0 Å². The number of nitrogens with two attached hydrogens (primary N) is 1. The van der Waals surface area contributed by atoms with Gasteiger partial charge in [0.1, 0.15) is 6.61 Å². The molecule has 5 nitrogen and oxygen atoms in total. The number of rotatable bonds is 5. The highest BCUT2D eigenvalue weighted by Crippen LogP contribution is 2.28. The Morgan fingerprint density at radius 3 is 2.81 bits per heavy atom. The maximum Gasteiger partial charge on any atom is 0.310 e. The second-order valence-corrected chi connectivity index (χ2v) is 3.51. The number of benzene rings is 1. The molecule has 0 aliphatic heterocycles. The van der Waals surface area contributed by atoms with Gasteiger partial charge in [-0.15, -0.1) is 0 Å². The van der Waals surface area contributed by atoms with Crippen LogP contribution in [0.25, 0.3) is 0 Å². The fourth-order valence-electron chi connectivity index (χ4n) is 1.15. The van der Waals surface area contributed by atoms with Crippen molar-refractivity contribution >= 4 is 5.69 Å². The Morgan fingerprint density at radius 1 is 1.62 bits per heavy atom. The third-order valence-electron chi connectivity index (χ3n) is 1.93. The predicted octanol–water partition coefficient (Wildman–Crippen LogP) is 2.01. The second kappa shape index (κ2) is 5.27. The highest BCUT2D eigenvalue weighted by Gasteiger charge is 2.15. The second-order valence-electron chi connectivity index (χ2n) is 3.51. The molecule has 0 aliphatic rings. The van der Waals surface area contributed by atoms with E-state index in [1.165, 1.54) is 6.07 Å². The van der Waals surface area contributed by atoms with Crippen molar-refractivity contribution in [1.82, 2.24) is 0 Å². The highest BCUT2D eigenvalue weighted by molar-refractivity contribution is 5.48. The zero-order valence-corrected chi connectivity index (χ0v) is 9.10. The SMILES string of the molecule is C=C(C)COc1cc(CN)ccc1[N+](=O)[O-]. The Morgan fingerprint density at radius 2 is 2.31 bits per heavy atom. The maximum atomic E-state index is 10.7. The summed E-state index contributed by atoms with van der Waals surface area (Å²) in [5.74, 6) is 0.232. The van der Waals surface area contributed by atoms with E-state index in [2.05, 4.69) is 6.58 Å². The van der Waals surface area contributed by atoms with Gasteiger partial charge in [-0.1, -0.05) is 12.6 Å². The fourth-order valence-corrected chi connectivity index (χ4v) is 1.15. The number of nitro groups is 1. The Bertz CT molecular complexity index is 416. The third-order valence-corrected chi connectivity index (χ3v) is 1.93. The van der Waals surface area contributed by atoms with Crippen molar-refractivity contribution in [1.29, 1.82) is 0 Å².